The van der Waals surface area contributed by atoms with Gasteiger partial charge in [0.25, 0.3) is 0 Å². The first kappa shape index (κ1) is 12.3. The second kappa shape index (κ2) is 4.53. The summed E-state index contributed by atoms with van der Waals surface area (Å²) in [5.41, 5.74) is 4.03. The fourth-order valence-electron chi connectivity index (χ4n) is 3.46. The lowest BCUT2D eigenvalue weighted by Crippen LogP contribution is -2.35. The number of likely N-dealkylation sites (tertiary alicyclic amines) is 1. The zero-order valence-electron chi connectivity index (χ0n) is 11.3. The van der Waals surface area contributed by atoms with Crippen LogP contribution in [-0.4, -0.2) is 35.4 Å². The van der Waals surface area contributed by atoms with Gasteiger partial charge in [-0.3, -0.25) is 4.79 Å². The van der Waals surface area contributed by atoms with E-state index in [0.29, 0.717) is 5.91 Å². The SMILES string of the molecule is O=C1N(Cc2cccc3ncsc23)CCC12CCNC2. The molecule has 2 aliphatic heterocycles. The van der Waals surface area contributed by atoms with Crippen molar-refractivity contribution < 1.29 is 4.79 Å². The van der Waals surface area contributed by atoms with Crippen LogP contribution in [0.4, 0.5) is 0 Å². The molecule has 1 amide bonds. The normalized spacial score (nSPS) is 26.2. The van der Waals surface area contributed by atoms with Gasteiger partial charge in [-0.25, -0.2) is 4.98 Å². The Balaban J connectivity index is 1.61. The lowest BCUT2D eigenvalue weighted by Gasteiger charge is -2.22. The van der Waals surface area contributed by atoms with Crippen molar-refractivity contribution >= 4 is 27.5 Å². The van der Waals surface area contributed by atoms with Gasteiger partial charge in [0.15, 0.2) is 0 Å². The predicted octanol–water partition coefficient (Wildman–Crippen LogP) is 2.01. The Labute approximate surface area is 121 Å². The molecule has 20 heavy (non-hydrogen) atoms. The van der Waals surface area contributed by atoms with E-state index < -0.39 is 0 Å². The molecule has 1 N–H and O–H groups in total. The Morgan fingerprint density at radius 3 is 3.20 bits per heavy atom. The highest BCUT2D eigenvalue weighted by Crippen LogP contribution is 2.38. The van der Waals surface area contributed by atoms with Crippen LogP contribution in [0.5, 0.6) is 0 Å². The summed E-state index contributed by atoms with van der Waals surface area (Å²) in [6, 6.07) is 6.18. The maximum atomic E-state index is 12.7. The van der Waals surface area contributed by atoms with Crippen molar-refractivity contribution in [2.75, 3.05) is 19.6 Å². The zero-order chi connectivity index (χ0) is 13.6. The minimum Gasteiger partial charge on any atom is -0.338 e. The molecule has 2 aliphatic rings. The van der Waals surface area contributed by atoms with E-state index in [1.807, 2.05) is 22.5 Å². The third-order valence-electron chi connectivity index (χ3n) is 4.64. The molecule has 4 nitrogen and oxygen atoms in total. The summed E-state index contributed by atoms with van der Waals surface area (Å²) < 4.78 is 1.21. The van der Waals surface area contributed by atoms with Crippen molar-refractivity contribution in [2.45, 2.75) is 19.4 Å². The number of carbonyl (C=O) groups excluding carboxylic acids is 1. The van der Waals surface area contributed by atoms with Crippen LogP contribution in [0.2, 0.25) is 0 Å². The zero-order valence-corrected chi connectivity index (χ0v) is 12.1. The van der Waals surface area contributed by atoms with Crippen LogP contribution in [0, 0.1) is 5.41 Å². The van der Waals surface area contributed by atoms with Gasteiger partial charge in [0.1, 0.15) is 0 Å². The summed E-state index contributed by atoms with van der Waals surface area (Å²) in [5.74, 6) is 0.337. The van der Waals surface area contributed by atoms with Gasteiger partial charge in [-0.2, -0.15) is 0 Å². The van der Waals surface area contributed by atoms with Crippen LogP contribution < -0.4 is 5.32 Å². The van der Waals surface area contributed by atoms with Crippen molar-refractivity contribution in [3.05, 3.63) is 29.3 Å². The van der Waals surface area contributed by atoms with Gasteiger partial charge in [0.2, 0.25) is 5.91 Å². The third-order valence-corrected chi connectivity index (χ3v) is 5.56. The average molecular weight is 287 g/mol. The minimum absolute atomic E-state index is 0.110. The highest BCUT2D eigenvalue weighted by Gasteiger charge is 2.48. The number of hydrogen-bond acceptors (Lipinski definition) is 4. The Kier molecular flexibility index (Phi) is 2.79. The molecule has 0 aliphatic carbocycles. The molecule has 0 bridgehead atoms. The van der Waals surface area contributed by atoms with E-state index in [9.17, 15) is 4.79 Å². The highest BCUT2D eigenvalue weighted by molar-refractivity contribution is 7.16. The monoisotopic (exact) mass is 287 g/mol. The fourth-order valence-corrected chi connectivity index (χ4v) is 4.26. The smallest absolute Gasteiger partial charge is 0.230 e. The first-order valence-corrected chi connectivity index (χ1v) is 7.98. The molecule has 4 rings (SSSR count). The van der Waals surface area contributed by atoms with E-state index in [1.54, 1.807) is 11.3 Å². The molecule has 1 atom stereocenters. The second-order valence-electron chi connectivity index (χ2n) is 5.80. The number of nitrogens with zero attached hydrogens (tertiary/aromatic N) is 2. The Morgan fingerprint density at radius 1 is 1.40 bits per heavy atom. The van der Waals surface area contributed by atoms with E-state index in [2.05, 4.69) is 16.4 Å². The van der Waals surface area contributed by atoms with Crippen LogP contribution in [0.15, 0.2) is 23.7 Å². The summed E-state index contributed by atoms with van der Waals surface area (Å²) in [7, 11) is 0. The average Bonchev–Trinajstić information content (AvgIpc) is 3.17. The number of thiazole rings is 1. The molecule has 1 spiro atoms. The van der Waals surface area contributed by atoms with E-state index >= 15 is 0 Å². The minimum atomic E-state index is -0.110. The maximum absolute atomic E-state index is 12.7. The third kappa shape index (κ3) is 1.77. The molecular weight excluding hydrogens is 270 g/mol. The molecule has 0 saturated carbocycles. The highest BCUT2D eigenvalue weighted by atomic mass is 32.1. The molecule has 3 heterocycles. The van der Waals surface area contributed by atoms with Gasteiger partial charge in [-0.15, -0.1) is 11.3 Å². The molecule has 0 radical (unpaired) electrons. The Bertz CT molecular complexity index is 660. The number of rotatable bonds is 2. The van der Waals surface area contributed by atoms with Crippen molar-refractivity contribution in [1.29, 1.82) is 0 Å². The molecule has 2 fully saturated rings. The topological polar surface area (TPSA) is 45.2 Å². The van der Waals surface area contributed by atoms with E-state index in [0.717, 1.165) is 44.5 Å². The summed E-state index contributed by atoms with van der Waals surface area (Å²) in [4.78, 5) is 19.1. The van der Waals surface area contributed by atoms with Crippen LogP contribution in [-0.2, 0) is 11.3 Å². The molecule has 2 aromatic rings. The van der Waals surface area contributed by atoms with Crippen molar-refractivity contribution in [2.24, 2.45) is 5.41 Å². The van der Waals surface area contributed by atoms with E-state index in [4.69, 9.17) is 0 Å². The van der Waals surface area contributed by atoms with Crippen LogP contribution >= 0.6 is 11.3 Å². The van der Waals surface area contributed by atoms with Crippen LogP contribution in [0.25, 0.3) is 10.2 Å². The predicted molar refractivity (Wildman–Crippen MR) is 79.6 cm³/mol. The number of benzene rings is 1. The van der Waals surface area contributed by atoms with Crippen molar-refractivity contribution in [3.63, 3.8) is 0 Å². The number of hydrogen-bond donors (Lipinski definition) is 1. The fraction of sp³-hybridized carbons (Fsp3) is 0.467. The number of nitrogens with one attached hydrogen (secondary N) is 1. The molecule has 1 aromatic carbocycles. The largest absolute Gasteiger partial charge is 0.338 e. The Hall–Kier alpha value is -1.46. The first-order valence-electron chi connectivity index (χ1n) is 7.10. The summed E-state index contributed by atoms with van der Waals surface area (Å²) in [5, 5.41) is 3.34. The molecule has 1 unspecified atom stereocenters. The molecule has 104 valence electrons. The van der Waals surface area contributed by atoms with E-state index in [-0.39, 0.29) is 5.41 Å². The number of fused-ring (bicyclic) bond motifs is 1. The summed E-state index contributed by atoms with van der Waals surface area (Å²) in [6.45, 7) is 3.44. The molecule has 2 saturated heterocycles. The van der Waals surface area contributed by atoms with Gasteiger partial charge in [-0.1, -0.05) is 12.1 Å². The van der Waals surface area contributed by atoms with Gasteiger partial charge < -0.3 is 10.2 Å². The van der Waals surface area contributed by atoms with Crippen LogP contribution in [0.3, 0.4) is 0 Å². The van der Waals surface area contributed by atoms with Crippen molar-refractivity contribution in [1.82, 2.24) is 15.2 Å². The van der Waals surface area contributed by atoms with E-state index in [1.165, 1.54) is 10.3 Å². The Morgan fingerprint density at radius 2 is 2.35 bits per heavy atom. The summed E-state index contributed by atoms with van der Waals surface area (Å²) >= 11 is 1.66. The number of aromatic nitrogens is 1. The van der Waals surface area contributed by atoms with Gasteiger partial charge in [0.05, 0.1) is 21.1 Å². The molecular formula is C15H17N3OS. The second-order valence-corrected chi connectivity index (χ2v) is 6.66. The molecule has 5 heteroatoms. The van der Waals surface area contributed by atoms with Gasteiger partial charge in [0, 0.05) is 19.6 Å². The summed E-state index contributed by atoms with van der Waals surface area (Å²) in [6.07, 6.45) is 1.99. The number of amides is 1. The van der Waals surface area contributed by atoms with Crippen LogP contribution in [0.1, 0.15) is 18.4 Å². The van der Waals surface area contributed by atoms with Crippen molar-refractivity contribution in [3.8, 4) is 0 Å². The quantitative estimate of drug-likeness (QED) is 0.919. The lowest BCUT2D eigenvalue weighted by molar-refractivity contribution is -0.135. The maximum Gasteiger partial charge on any atom is 0.230 e. The standard InChI is InChI=1S/C15H17N3OS/c19-14-15(4-6-16-9-15)5-7-18(14)8-11-2-1-3-12-13(11)20-10-17-12/h1-3,10,16H,4-9H2. The van der Waals surface area contributed by atoms with Gasteiger partial charge in [-0.05, 0) is 31.0 Å². The van der Waals surface area contributed by atoms with Gasteiger partial charge >= 0.3 is 0 Å². The molecule has 1 aromatic heterocycles. The lowest BCUT2D eigenvalue weighted by atomic mass is 9.86. The first-order chi connectivity index (χ1) is 9.78. The number of carbonyl (C=O) groups is 1.